The Morgan fingerprint density at radius 3 is 3.11 bits per heavy atom. The second kappa shape index (κ2) is 4.66. The van der Waals surface area contributed by atoms with Crippen LogP contribution in [0, 0.1) is 5.82 Å². The van der Waals surface area contributed by atoms with Gasteiger partial charge in [0, 0.05) is 17.4 Å². The first-order valence-corrected chi connectivity index (χ1v) is 6.40. The molecule has 1 saturated heterocycles. The van der Waals surface area contributed by atoms with Crippen molar-refractivity contribution < 1.29 is 14.3 Å². The molecule has 0 bridgehead atoms. The normalized spacial score (nSPS) is 19.3. The lowest BCUT2D eigenvalue weighted by molar-refractivity contribution is 0.0672. The number of nitrogens with one attached hydrogen (secondary N) is 1. The van der Waals surface area contributed by atoms with E-state index in [1.807, 2.05) is 0 Å². The minimum absolute atomic E-state index is 0.0275. The smallest absolute Gasteiger partial charge is 0.270 e. The van der Waals surface area contributed by atoms with Gasteiger partial charge in [0.15, 0.2) is 0 Å². The first kappa shape index (κ1) is 12.2. The standard InChI is InChI=1S/C14H15FN2O2/c15-11-4-1-5-12-10(11)7-13(16-12)14(19)17-6-2-3-9(17)8-18/h1,4-5,7,9,16,18H,2-3,6,8H2/t9-/m1/s1. The molecule has 19 heavy (non-hydrogen) atoms. The lowest BCUT2D eigenvalue weighted by Crippen LogP contribution is -2.37. The van der Waals surface area contributed by atoms with Crippen LogP contribution >= 0.6 is 0 Å². The van der Waals surface area contributed by atoms with Crippen molar-refractivity contribution in [3.8, 4) is 0 Å². The van der Waals surface area contributed by atoms with Crippen molar-refractivity contribution in [1.82, 2.24) is 9.88 Å². The van der Waals surface area contributed by atoms with Gasteiger partial charge in [0.25, 0.3) is 5.91 Å². The molecule has 3 rings (SSSR count). The Morgan fingerprint density at radius 1 is 1.53 bits per heavy atom. The number of carbonyl (C=O) groups is 1. The predicted octanol–water partition coefficient (Wildman–Crippen LogP) is 1.90. The van der Waals surface area contributed by atoms with Gasteiger partial charge >= 0.3 is 0 Å². The summed E-state index contributed by atoms with van der Waals surface area (Å²) >= 11 is 0. The highest BCUT2D eigenvalue weighted by molar-refractivity contribution is 5.98. The molecule has 1 aliphatic rings. The monoisotopic (exact) mass is 262 g/mol. The number of aliphatic hydroxyl groups excluding tert-OH is 1. The number of fused-ring (bicyclic) bond motifs is 1. The molecule has 1 aromatic heterocycles. The van der Waals surface area contributed by atoms with Crippen LogP contribution in [0.25, 0.3) is 10.9 Å². The van der Waals surface area contributed by atoms with E-state index < -0.39 is 0 Å². The Bertz CT molecular complexity index is 623. The number of amides is 1. The molecule has 2 N–H and O–H groups in total. The van der Waals surface area contributed by atoms with E-state index in [1.165, 1.54) is 6.07 Å². The largest absolute Gasteiger partial charge is 0.394 e. The highest BCUT2D eigenvalue weighted by Gasteiger charge is 2.29. The highest BCUT2D eigenvalue weighted by atomic mass is 19.1. The first-order valence-electron chi connectivity index (χ1n) is 6.40. The zero-order valence-electron chi connectivity index (χ0n) is 10.4. The third-order valence-corrected chi connectivity index (χ3v) is 3.69. The number of benzene rings is 1. The number of hydrogen-bond acceptors (Lipinski definition) is 2. The summed E-state index contributed by atoms with van der Waals surface area (Å²) < 4.78 is 13.6. The minimum atomic E-state index is -0.340. The fourth-order valence-electron chi connectivity index (χ4n) is 2.68. The number of aromatic nitrogens is 1. The summed E-state index contributed by atoms with van der Waals surface area (Å²) in [5.74, 6) is -0.514. The zero-order chi connectivity index (χ0) is 13.4. The van der Waals surface area contributed by atoms with Crippen molar-refractivity contribution in [2.75, 3.05) is 13.2 Å². The van der Waals surface area contributed by atoms with E-state index in [4.69, 9.17) is 0 Å². The van der Waals surface area contributed by atoms with Crippen LogP contribution in [0.3, 0.4) is 0 Å². The molecule has 1 aromatic carbocycles. The van der Waals surface area contributed by atoms with E-state index in [0.29, 0.717) is 23.1 Å². The number of halogens is 1. The summed E-state index contributed by atoms with van der Waals surface area (Å²) in [6, 6.07) is 6.14. The van der Waals surface area contributed by atoms with Crippen molar-refractivity contribution in [2.45, 2.75) is 18.9 Å². The van der Waals surface area contributed by atoms with Crippen LogP contribution in [-0.4, -0.2) is 40.1 Å². The molecule has 1 aliphatic heterocycles. The molecular weight excluding hydrogens is 247 g/mol. The van der Waals surface area contributed by atoms with Crippen LogP contribution in [0.4, 0.5) is 4.39 Å². The van der Waals surface area contributed by atoms with Crippen molar-refractivity contribution in [3.05, 3.63) is 35.8 Å². The summed E-state index contributed by atoms with van der Waals surface area (Å²) in [6.45, 7) is 0.613. The number of nitrogens with zero attached hydrogens (tertiary/aromatic N) is 1. The summed E-state index contributed by atoms with van der Waals surface area (Å²) in [4.78, 5) is 17.0. The van der Waals surface area contributed by atoms with Gasteiger partial charge in [-0.15, -0.1) is 0 Å². The summed E-state index contributed by atoms with van der Waals surface area (Å²) in [6.07, 6.45) is 1.71. The van der Waals surface area contributed by atoms with Gasteiger partial charge < -0.3 is 15.0 Å². The van der Waals surface area contributed by atoms with Crippen molar-refractivity contribution >= 4 is 16.8 Å². The molecule has 0 aliphatic carbocycles. The third kappa shape index (κ3) is 2.00. The fraction of sp³-hybridized carbons (Fsp3) is 0.357. The van der Waals surface area contributed by atoms with Gasteiger partial charge in [-0.25, -0.2) is 4.39 Å². The van der Waals surface area contributed by atoms with Crippen LogP contribution in [0.1, 0.15) is 23.3 Å². The van der Waals surface area contributed by atoms with Gasteiger partial charge in [-0.05, 0) is 31.0 Å². The summed E-state index contributed by atoms with van der Waals surface area (Å²) in [7, 11) is 0. The van der Waals surface area contributed by atoms with E-state index in [9.17, 15) is 14.3 Å². The van der Waals surface area contributed by atoms with Gasteiger partial charge in [0.2, 0.25) is 0 Å². The lowest BCUT2D eigenvalue weighted by Gasteiger charge is -2.22. The van der Waals surface area contributed by atoms with Gasteiger partial charge in [-0.2, -0.15) is 0 Å². The quantitative estimate of drug-likeness (QED) is 0.868. The van der Waals surface area contributed by atoms with Crippen molar-refractivity contribution in [1.29, 1.82) is 0 Å². The first-order chi connectivity index (χ1) is 9.20. The fourth-order valence-corrected chi connectivity index (χ4v) is 2.68. The number of carbonyl (C=O) groups excluding carboxylic acids is 1. The Balaban J connectivity index is 1.95. The van der Waals surface area contributed by atoms with Crippen LogP contribution in [0.2, 0.25) is 0 Å². The third-order valence-electron chi connectivity index (χ3n) is 3.69. The van der Waals surface area contributed by atoms with E-state index in [-0.39, 0.29) is 24.4 Å². The maximum atomic E-state index is 13.6. The average molecular weight is 262 g/mol. The topological polar surface area (TPSA) is 56.3 Å². The molecule has 1 amide bonds. The van der Waals surface area contributed by atoms with Crippen LogP contribution in [-0.2, 0) is 0 Å². The Labute approximate surface area is 109 Å². The number of aromatic amines is 1. The van der Waals surface area contributed by atoms with E-state index in [2.05, 4.69) is 4.98 Å². The van der Waals surface area contributed by atoms with Gasteiger partial charge in [-0.3, -0.25) is 4.79 Å². The molecule has 2 aromatic rings. The summed E-state index contributed by atoms with van der Waals surface area (Å²) in [5.41, 5.74) is 0.989. The molecule has 100 valence electrons. The lowest BCUT2D eigenvalue weighted by atomic mass is 10.2. The van der Waals surface area contributed by atoms with Gasteiger partial charge in [-0.1, -0.05) is 6.07 Å². The van der Waals surface area contributed by atoms with E-state index >= 15 is 0 Å². The SMILES string of the molecule is O=C(c1cc2c(F)cccc2[nH]1)N1CCC[C@@H]1CO. The Hall–Kier alpha value is -1.88. The molecule has 1 atom stereocenters. The number of rotatable bonds is 2. The second-order valence-electron chi connectivity index (χ2n) is 4.86. The molecule has 1 fully saturated rings. The maximum Gasteiger partial charge on any atom is 0.270 e. The molecule has 0 spiro atoms. The predicted molar refractivity (Wildman–Crippen MR) is 69.4 cm³/mol. The Kier molecular flexibility index (Phi) is 2.98. The molecule has 0 unspecified atom stereocenters. The van der Waals surface area contributed by atoms with Crippen LogP contribution in [0.5, 0.6) is 0 Å². The van der Waals surface area contributed by atoms with Crippen LogP contribution < -0.4 is 0 Å². The zero-order valence-corrected chi connectivity index (χ0v) is 10.4. The molecule has 0 radical (unpaired) electrons. The van der Waals surface area contributed by atoms with Gasteiger partial charge in [0.05, 0.1) is 12.6 Å². The highest BCUT2D eigenvalue weighted by Crippen LogP contribution is 2.23. The summed E-state index contributed by atoms with van der Waals surface area (Å²) in [5, 5.41) is 9.67. The molecule has 5 heteroatoms. The molecule has 2 heterocycles. The second-order valence-corrected chi connectivity index (χ2v) is 4.86. The number of likely N-dealkylation sites (tertiary alicyclic amines) is 1. The molecular formula is C14H15FN2O2. The molecule has 0 saturated carbocycles. The van der Waals surface area contributed by atoms with Gasteiger partial charge in [0.1, 0.15) is 11.5 Å². The number of H-pyrrole nitrogens is 1. The van der Waals surface area contributed by atoms with E-state index in [1.54, 1.807) is 23.1 Å². The maximum absolute atomic E-state index is 13.6. The van der Waals surface area contributed by atoms with E-state index in [0.717, 1.165) is 12.8 Å². The minimum Gasteiger partial charge on any atom is -0.394 e. The average Bonchev–Trinajstić information content (AvgIpc) is 3.04. The number of aliphatic hydroxyl groups is 1. The Morgan fingerprint density at radius 2 is 2.37 bits per heavy atom. The van der Waals surface area contributed by atoms with Crippen LogP contribution in [0.15, 0.2) is 24.3 Å². The number of hydrogen-bond donors (Lipinski definition) is 2. The molecule has 4 nitrogen and oxygen atoms in total. The van der Waals surface area contributed by atoms with Crippen molar-refractivity contribution in [2.24, 2.45) is 0 Å². The van der Waals surface area contributed by atoms with Crippen molar-refractivity contribution in [3.63, 3.8) is 0 Å².